The predicted molar refractivity (Wildman–Crippen MR) is 144 cm³/mol. The first-order chi connectivity index (χ1) is 18.1. The summed E-state index contributed by atoms with van der Waals surface area (Å²) in [7, 11) is 1.36. The van der Waals surface area contributed by atoms with Gasteiger partial charge in [-0.05, 0) is 60.5 Å². The highest BCUT2D eigenvalue weighted by molar-refractivity contribution is 7.98. The largest absolute Gasteiger partial charge is 0.494 e. The van der Waals surface area contributed by atoms with Gasteiger partial charge in [0.1, 0.15) is 5.75 Å². The molecule has 4 rings (SSSR count). The molecule has 0 aliphatic heterocycles. The first-order valence-electron chi connectivity index (χ1n) is 12.0. The van der Waals surface area contributed by atoms with Crippen molar-refractivity contribution in [1.82, 2.24) is 5.16 Å². The van der Waals surface area contributed by atoms with Gasteiger partial charge in [-0.25, -0.2) is 4.79 Å². The Morgan fingerprint density at radius 3 is 2.49 bits per heavy atom. The summed E-state index contributed by atoms with van der Waals surface area (Å²) in [5.74, 6) is 1.24. The molecule has 0 aliphatic carbocycles. The smallest absolute Gasteiger partial charge is 0.337 e. The summed E-state index contributed by atoms with van der Waals surface area (Å²) in [6.45, 7) is 2.81. The van der Waals surface area contributed by atoms with E-state index in [-0.39, 0.29) is 17.6 Å². The van der Waals surface area contributed by atoms with Crippen LogP contribution in [0.15, 0.2) is 88.3 Å². The number of amides is 1. The summed E-state index contributed by atoms with van der Waals surface area (Å²) in [6.07, 6.45) is 2.09. The van der Waals surface area contributed by atoms with Crippen molar-refractivity contribution in [3.05, 3.63) is 95.7 Å². The molecule has 37 heavy (non-hydrogen) atoms. The van der Waals surface area contributed by atoms with Crippen molar-refractivity contribution in [2.45, 2.75) is 30.4 Å². The van der Waals surface area contributed by atoms with Crippen molar-refractivity contribution in [3.8, 4) is 17.1 Å². The van der Waals surface area contributed by atoms with Crippen molar-refractivity contribution in [2.24, 2.45) is 0 Å². The van der Waals surface area contributed by atoms with Crippen LogP contribution in [-0.2, 0) is 10.5 Å². The normalized spacial score (nSPS) is 10.6. The average molecular weight is 517 g/mol. The fourth-order valence-corrected chi connectivity index (χ4v) is 4.43. The zero-order chi connectivity index (χ0) is 26.0. The number of unbranched alkanes of at least 4 members (excludes halogenated alkanes) is 1. The van der Waals surface area contributed by atoms with E-state index in [1.165, 1.54) is 7.11 Å². The van der Waals surface area contributed by atoms with Crippen LogP contribution in [-0.4, -0.2) is 30.7 Å². The van der Waals surface area contributed by atoms with Gasteiger partial charge in [0.25, 0.3) is 5.91 Å². The van der Waals surface area contributed by atoms with E-state index >= 15 is 0 Å². The minimum atomic E-state index is -0.364. The van der Waals surface area contributed by atoms with Gasteiger partial charge < -0.3 is 19.3 Å². The van der Waals surface area contributed by atoms with Gasteiger partial charge in [-0.1, -0.05) is 42.8 Å². The van der Waals surface area contributed by atoms with E-state index in [1.54, 1.807) is 30.0 Å². The zero-order valence-electron chi connectivity index (χ0n) is 20.7. The van der Waals surface area contributed by atoms with Gasteiger partial charge in [0.15, 0.2) is 11.5 Å². The predicted octanol–water partition coefficient (Wildman–Crippen LogP) is 6.85. The third kappa shape index (κ3) is 7.01. The van der Waals surface area contributed by atoms with Crippen LogP contribution in [0.3, 0.4) is 0 Å². The maximum atomic E-state index is 12.9. The van der Waals surface area contributed by atoms with Crippen LogP contribution in [0.25, 0.3) is 11.3 Å². The van der Waals surface area contributed by atoms with Gasteiger partial charge >= 0.3 is 5.97 Å². The Balaban J connectivity index is 1.38. The standard InChI is InChI=1S/C29H28N2O5S/c1-3-4-17-35-23-15-13-21(14-16-23)26-18-25(31-36-26)28(32)30-24-7-5-6-8-27(24)37-19-20-9-11-22(12-10-20)29(33)34-2/h5-16,18H,3-4,17,19H2,1-2H3,(H,30,32). The number of anilines is 1. The molecule has 1 N–H and O–H groups in total. The number of aromatic nitrogens is 1. The third-order valence-corrected chi connectivity index (χ3v) is 6.70. The molecule has 7 nitrogen and oxygen atoms in total. The van der Waals surface area contributed by atoms with Crippen LogP contribution < -0.4 is 10.1 Å². The lowest BCUT2D eigenvalue weighted by molar-refractivity contribution is 0.0600. The first-order valence-corrected chi connectivity index (χ1v) is 13.0. The molecule has 1 aromatic heterocycles. The summed E-state index contributed by atoms with van der Waals surface area (Å²) >= 11 is 1.58. The number of thioether (sulfide) groups is 1. The maximum absolute atomic E-state index is 12.9. The number of nitrogens with zero attached hydrogens (tertiary/aromatic N) is 1. The molecule has 0 atom stereocenters. The van der Waals surface area contributed by atoms with Gasteiger partial charge in [-0.3, -0.25) is 4.79 Å². The quantitative estimate of drug-likeness (QED) is 0.132. The van der Waals surface area contributed by atoms with E-state index < -0.39 is 0 Å². The lowest BCUT2D eigenvalue weighted by atomic mass is 10.1. The van der Waals surface area contributed by atoms with Crippen molar-refractivity contribution < 1.29 is 23.6 Å². The molecule has 0 bridgehead atoms. The average Bonchev–Trinajstić information content (AvgIpc) is 3.44. The van der Waals surface area contributed by atoms with Crippen LogP contribution in [0.5, 0.6) is 5.75 Å². The number of nitrogens with one attached hydrogen (secondary N) is 1. The fourth-order valence-electron chi connectivity index (χ4n) is 3.47. The number of hydrogen-bond acceptors (Lipinski definition) is 7. The van der Waals surface area contributed by atoms with Crippen LogP contribution in [0.1, 0.15) is 46.2 Å². The molecule has 1 amide bonds. The van der Waals surface area contributed by atoms with Gasteiger partial charge in [0.2, 0.25) is 0 Å². The molecular weight excluding hydrogens is 488 g/mol. The van der Waals surface area contributed by atoms with Gasteiger partial charge in [-0.15, -0.1) is 11.8 Å². The van der Waals surface area contributed by atoms with E-state index in [2.05, 4.69) is 17.4 Å². The molecule has 0 fully saturated rings. The Morgan fingerprint density at radius 2 is 1.76 bits per heavy atom. The van der Waals surface area contributed by atoms with Crippen LogP contribution in [0.2, 0.25) is 0 Å². The van der Waals surface area contributed by atoms with Gasteiger partial charge in [0.05, 0.1) is 25.0 Å². The molecule has 1 heterocycles. The molecule has 0 radical (unpaired) electrons. The summed E-state index contributed by atoms with van der Waals surface area (Å²) in [5, 5.41) is 6.90. The first kappa shape index (κ1) is 26.0. The highest BCUT2D eigenvalue weighted by Gasteiger charge is 2.16. The van der Waals surface area contributed by atoms with Crippen LogP contribution in [0.4, 0.5) is 5.69 Å². The number of rotatable bonds is 11. The summed E-state index contributed by atoms with van der Waals surface area (Å²) in [4.78, 5) is 25.4. The lowest BCUT2D eigenvalue weighted by Gasteiger charge is -2.10. The minimum Gasteiger partial charge on any atom is -0.494 e. The number of benzene rings is 3. The molecule has 0 unspecified atom stereocenters. The maximum Gasteiger partial charge on any atom is 0.337 e. The number of carbonyl (C=O) groups excluding carboxylic acids is 2. The Hall–Kier alpha value is -4.04. The number of hydrogen-bond donors (Lipinski definition) is 1. The Kier molecular flexibility index (Phi) is 8.99. The monoisotopic (exact) mass is 516 g/mol. The number of ether oxygens (including phenoxy) is 2. The van der Waals surface area contributed by atoms with E-state index in [9.17, 15) is 9.59 Å². The van der Waals surface area contributed by atoms with Gasteiger partial charge in [0, 0.05) is 22.3 Å². The molecule has 190 valence electrons. The molecule has 0 saturated heterocycles. The molecule has 0 saturated carbocycles. The van der Waals surface area contributed by atoms with Crippen molar-refractivity contribution in [3.63, 3.8) is 0 Å². The summed E-state index contributed by atoms with van der Waals surface area (Å²) in [5.41, 5.74) is 3.23. The molecule has 8 heteroatoms. The molecule has 0 aliphatic rings. The molecular formula is C29H28N2O5S. The molecule has 0 spiro atoms. The number of methoxy groups -OCH3 is 1. The summed E-state index contributed by atoms with van der Waals surface area (Å²) < 4.78 is 15.9. The lowest BCUT2D eigenvalue weighted by Crippen LogP contribution is -2.12. The second-order valence-electron chi connectivity index (χ2n) is 8.23. The summed E-state index contributed by atoms with van der Waals surface area (Å²) in [6, 6.07) is 24.0. The molecule has 4 aromatic rings. The van der Waals surface area contributed by atoms with Crippen molar-refractivity contribution >= 4 is 29.3 Å². The second kappa shape index (κ2) is 12.8. The van der Waals surface area contributed by atoms with Crippen LogP contribution >= 0.6 is 11.8 Å². The van der Waals surface area contributed by atoms with E-state index in [0.717, 1.165) is 34.6 Å². The molecule has 3 aromatic carbocycles. The number of carbonyl (C=O) groups is 2. The highest BCUT2D eigenvalue weighted by Crippen LogP contribution is 2.31. The Labute approximate surface area is 220 Å². The fraction of sp³-hybridized carbons (Fsp3) is 0.207. The van der Waals surface area contributed by atoms with E-state index in [0.29, 0.717) is 29.4 Å². The number of esters is 1. The second-order valence-corrected chi connectivity index (χ2v) is 9.25. The Bertz CT molecular complexity index is 1330. The third-order valence-electron chi connectivity index (χ3n) is 5.55. The highest BCUT2D eigenvalue weighted by atomic mass is 32.2. The number of para-hydroxylation sites is 1. The van der Waals surface area contributed by atoms with Gasteiger partial charge in [-0.2, -0.15) is 0 Å². The SMILES string of the molecule is CCCCOc1ccc(-c2cc(C(=O)Nc3ccccc3SCc3ccc(C(=O)OC)cc3)no2)cc1. The van der Waals surface area contributed by atoms with E-state index in [1.807, 2.05) is 60.7 Å². The minimum absolute atomic E-state index is 0.191. The van der Waals surface area contributed by atoms with E-state index in [4.69, 9.17) is 14.0 Å². The zero-order valence-corrected chi connectivity index (χ0v) is 21.5. The van der Waals surface area contributed by atoms with Crippen molar-refractivity contribution in [2.75, 3.05) is 19.0 Å². The Morgan fingerprint density at radius 1 is 1.00 bits per heavy atom. The van der Waals surface area contributed by atoms with Crippen molar-refractivity contribution in [1.29, 1.82) is 0 Å². The topological polar surface area (TPSA) is 90.7 Å². The van der Waals surface area contributed by atoms with Crippen LogP contribution in [0, 0.1) is 0 Å².